The number of rotatable bonds is 14. The van der Waals surface area contributed by atoms with Crippen molar-refractivity contribution < 1.29 is 27.9 Å². The van der Waals surface area contributed by atoms with Crippen LogP contribution < -0.4 is 21.9 Å². The largest absolute Gasteiger partial charge is 0.480 e. The van der Waals surface area contributed by atoms with Gasteiger partial charge in [0.1, 0.15) is 12.1 Å². The second-order valence-corrected chi connectivity index (χ2v) is 11.0. The highest BCUT2D eigenvalue weighted by Crippen LogP contribution is 2.26. The number of aliphatic imine (C=N–C) groups is 1. The van der Waals surface area contributed by atoms with E-state index in [1.54, 1.807) is 42.5 Å². The molecule has 1 fully saturated rings. The van der Waals surface area contributed by atoms with Crippen molar-refractivity contribution >= 4 is 39.8 Å². The molecule has 210 valence electrons. The minimum atomic E-state index is -3.90. The van der Waals surface area contributed by atoms with Crippen molar-refractivity contribution in [3.8, 4) is 0 Å². The third-order valence-electron chi connectivity index (χ3n) is 6.26. The van der Waals surface area contributed by atoms with Gasteiger partial charge in [-0.1, -0.05) is 30.3 Å². The van der Waals surface area contributed by atoms with Gasteiger partial charge in [-0.25, -0.2) is 19.1 Å². The third-order valence-corrected chi connectivity index (χ3v) is 8.18. The number of unbranched alkanes of at least 4 members (excludes halogenated alkanes) is 1. The molecule has 2 unspecified atom stereocenters. The number of nitrogens with one attached hydrogen (secondary N) is 3. The van der Waals surface area contributed by atoms with Gasteiger partial charge in [-0.15, -0.1) is 0 Å². The number of carboxylic acids is 1. The van der Waals surface area contributed by atoms with Gasteiger partial charge < -0.3 is 21.2 Å². The van der Waals surface area contributed by atoms with Crippen molar-refractivity contribution in [2.24, 2.45) is 10.8 Å². The maximum atomic E-state index is 13.1. The molecule has 0 aromatic heterocycles. The second kappa shape index (κ2) is 14.4. The van der Waals surface area contributed by atoms with Crippen LogP contribution in [0.3, 0.4) is 0 Å². The summed E-state index contributed by atoms with van der Waals surface area (Å²) in [6, 6.07) is 12.3. The highest BCUT2D eigenvalue weighted by atomic mass is 32.2. The summed E-state index contributed by atoms with van der Waals surface area (Å²) >= 11 is 0. The summed E-state index contributed by atoms with van der Waals surface area (Å²) in [5.74, 6) is 3.06. The number of benzene rings is 2. The number of anilines is 1. The average Bonchev–Trinajstić information content (AvgIpc) is 3.43. The monoisotopic (exact) mass is 558 g/mol. The van der Waals surface area contributed by atoms with Gasteiger partial charge in [-0.05, 0) is 55.5 Å². The van der Waals surface area contributed by atoms with E-state index in [1.165, 1.54) is 18.5 Å². The van der Waals surface area contributed by atoms with Crippen LogP contribution in [0.15, 0.2) is 64.5 Å². The zero-order chi connectivity index (χ0) is 28.3. The second-order valence-electron chi connectivity index (χ2n) is 9.09. The van der Waals surface area contributed by atoms with Crippen molar-refractivity contribution in [3.63, 3.8) is 0 Å². The van der Waals surface area contributed by atoms with Crippen LogP contribution in [0.5, 0.6) is 0 Å². The number of amides is 2. The Morgan fingerprint density at radius 2 is 1.82 bits per heavy atom. The van der Waals surface area contributed by atoms with E-state index in [0.29, 0.717) is 43.5 Å². The topological polar surface area (TPSA) is 183 Å². The standard InChI is InChI=1S/C26H34N6O6S/c27-29-18-28-15-5-4-10-24(33)30-20-13-11-19(12-14-20)17-22(26(35)36)31-25(34)23-9-6-16-32(23)39(37,38)21-7-2-1-3-8-21/h1-3,7-8,11-14,18,22-23H,4-6,9-10,15-17,27H2,(H,28,29)(H,30,33)(H,31,34)(H,35,36). The molecule has 2 aromatic rings. The number of carbonyl (C=O) groups is 3. The van der Waals surface area contributed by atoms with E-state index in [2.05, 4.69) is 21.1 Å². The van der Waals surface area contributed by atoms with Crippen LogP contribution >= 0.6 is 0 Å². The minimum Gasteiger partial charge on any atom is -0.480 e. The van der Waals surface area contributed by atoms with Gasteiger partial charge in [-0.3, -0.25) is 14.6 Å². The van der Waals surface area contributed by atoms with Crippen LogP contribution in [0.1, 0.15) is 37.7 Å². The first-order valence-electron chi connectivity index (χ1n) is 12.7. The number of carboxylic acid groups (broad SMARTS) is 1. The Labute approximate surface area is 227 Å². The highest BCUT2D eigenvalue weighted by Gasteiger charge is 2.40. The first-order valence-corrected chi connectivity index (χ1v) is 14.1. The lowest BCUT2D eigenvalue weighted by Gasteiger charge is -2.25. The van der Waals surface area contributed by atoms with Crippen LogP contribution in [0, 0.1) is 0 Å². The fourth-order valence-electron chi connectivity index (χ4n) is 4.27. The van der Waals surface area contributed by atoms with Gasteiger partial charge in [0.2, 0.25) is 21.8 Å². The SMILES string of the molecule is NNC=NCCCCC(=O)Nc1ccc(CC(NC(=O)C2CCCN2S(=O)(=O)c2ccccc2)C(=O)O)cc1. The lowest BCUT2D eigenvalue weighted by molar-refractivity contribution is -0.142. The predicted molar refractivity (Wildman–Crippen MR) is 146 cm³/mol. The lowest BCUT2D eigenvalue weighted by Crippen LogP contribution is -2.51. The van der Waals surface area contributed by atoms with Gasteiger partial charge in [0.05, 0.1) is 11.2 Å². The number of hydrogen-bond acceptors (Lipinski definition) is 7. The zero-order valence-corrected chi connectivity index (χ0v) is 22.3. The Bertz CT molecular complexity index is 1250. The molecule has 3 rings (SSSR count). The molecule has 1 aliphatic heterocycles. The molecular formula is C26H34N6O6S. The summed E-state index contributed by atoms with van der Waals surface area (Å²) in [6.45, 7) is 0.745. The third kappa shape index (κ3) is 8.60. The Balaban J connectivity index is 1.55. The number of sulfonamides is 1. The molecule has 2 aromatic carbocycles. The maximum Gasteiger partial charge on any atom is 0.326 e. The Kier molecular flexibility index (Phi) is 11.0. The summed E-state index contributed by atoms with van der Waals surface area (Å²) in [5.41, 5.74) is 3.51. The van der Waals surface area contributed by atoms with Gasteiger partial charge >= 0.3 is 5.97 Å². The lowest BCUT2D eigenvalue weighted by atomic mass is 10.0. The summed E-state index contributed by atoms with van der Waals surface area (Å²) in [7, 11) is -3.90. The van der Waals surface area contributed by atoms with Crippen molar-refractivity contribution in [2.45, 2.75) is 55.5 Å². The Hall–Kier alpha value is -3.81. The number of nitrogens with two attached hydrogens (primary N) is 1. The summed E-state index contributed by atoms with van der Waals surface area (Å²) in [5, 5.41) is 15.0. The van der Waals surface area contributed by atoms with Gasteiger partial charge in [0, 0.05) is 31.6 Å². The molecule has 2 amide bonds. The fraction of sp³-hybridized carbons (Fsp3) is 0.385. The number of aliphatic carboxylic acids is 1. The summed E-state index contributed by atoms with van der Waals surface area (Å²) < 4.78 is 27.3. The molecular weight excluding hydrogens is 524 g/mol. The molecule has 0 radical (unpaired) electrons. The Morgan fingerprint density at radius 3 is 2.49 bits per heavy atom. The van der Waals surface area contributed by atoms with E-state index in [-0.39, 0.29) is 23.8 Å². The van der Waals surface area contributed by atoms with Crippen LogP contribution in [0.4, 0.5) is 5.69 Å². The molecule has 1 saturated heterocycles. The van der Waals surface area contributed by atoms with Crippen LogP contribution in [0.2, 0.25) is 0 Å². The van der Waals surface area contributed by atoms with Crippen molar-refractivity contribution in [2.75, 3.05) is 18.4 Å². The summed E-state index contributed by atoms with van der Waals surface area (Å²) in [6.07, 6.45) is 3.91. The van der Waals surface area contributed by atoms with E-state index in [4.69, 9.17) is 5.84 Å². The molecule has 0 bridgehead atoms. The predicted octanol–water partition coefficient (Wildman–Crippen LogP) is 1.25. The van der Waals surface area contributed by atoms with E-state index in [0.717, 1.165) is 10.7 Å². The molecule has 0 spiro atoms. The summed E-state index contributed by atoms with van der Waals surface area (Å²) in [4.78, 5) is 41.2. The van der Waals surface area contributed by atoms with Crippen molar-refractivity contribution in [1.29, 1.82) is 0 Å². The molecule has 6 N–H and O–H groups in total. The van der Waals surface area contributed by atoms with Crippen LogP contribution in [-0.4, -0.2) is 67.1 Å². The number of nitrogens with zero attached hydrogens (tertiary/aromatic N) is 2. The number of hydrazine groups is 1. The molecule has 0 saturated carbocycles. The van der Waals surface area contributed by atoms with E-state index < -0.39 is 34.0 Å². The van der Waals surface area contributed by atoms with Crippen molar-refractivity contribution in [1.82, 2.24) is 15.0 Å². The molecule has 13 heteroatoms. The molecule has 1 aliphatic rings. The maximum absolute atomic E-state index is 13.1. The Morgan fingerprint density at radius 1 is 1.10 bits per heavy atom. The first kappa shape index (κ1) is 29.7. The zero-order valence-electron chi connectivity index (χ0n) is 21.5. The molecule has 39 heavy (non-hydrogen) atoms. The van der Waals surface area contributed by atoms with Gasteiger partial charge in [0.25, 0.3) is 0 Å². The van der Waals surface area contributed by atoms with Crippen LogP contribution in [0.25, 0.3) is 0 Å². The molecule has 12 nitrogen and oxygen atoms in total. The normalized spacial score (nSPS) is 16.6. The van der Waals surface area contributed by atoms with Gasteiger partial charge in [0.15, 0.2) is 0 Å². The first-order chi connectivity index (χ1) is 18.7. The quantitative estimate of drug-likeness (QED) is 0.0754. The van der Waals surface area contributed by atoms with Crippen LogP contribution in [-0.2, 0) is 30.8 Å². The fourth-order valence-corrected chi connectivity index (χ4v) is 5.95. The van der Waals surface area contributed by atoms with E-state index >= 15 is 0 Å². The molecule has 2 atom stereocenters. The van der Waals surface area contributed by atoms with E-state index in [9.17, 15) is 27.9 Å². The minimum absolute atomic E-state index is 0.00830. The van der Waals surface area contributed by atoms with Crippen molar-refractivity contribution in [3.05, 3.63) is 60.2 Å². The smallest absolute Gasteiger partial charge is 0.326 e. The highest BCUT2D eigenvalue weighted by molar-refractivity contribution is 7.89. The number of carbonyl (C=O) groups excluding carboxylic acids is 2. The molecule has 0 aliphatic carbocycles. The van der Waals surface area contributed by atoms with E-state index in [1.807, 2.05) is 0 Å². The molecule has 1 heterocycles. The number of hydrogen-bond donors (Lipinski definition) is 5. The average molecular weight is 559 g/mol. The van der Waals surface area contributed by atoms with Gasteiger partial charge in [-0.2, -0.15) is 4.31 Å².